The zero-order valence-electron chi connectivity index (χ0n) is 15.9. The summed E-state index contributed by atoms with van der Waals surface area (Å²) in [5.41, 5.74) is 9.06. The standard InChI is InChI=1S/C21H29N3O3/c1-25-17-19-10-5-6-11-20(19)24-21(22)23-12-7-13-26-14-15-27-16-18-8-3-2-4-9-18/h2-6,8-11H,7,12-17H2,1H3,(H3,22,23,24). The topological polar surface area (TPSA) is 78.1 Å². The van der Waals surface area contributed by atoms with Crippen LogP contribution < -0.4 is 11.1 Å². The van der Waals surface area contributed by atoms with E-state index in [0.29, 0.717) is 45.5 Å². The van der Waals surface area contributed by atoms with Crippen molar-refractivity contribution in [1.82, 2.24) is 0 Å². The molecule has 6 heteroatoms. The number of rotatable bonds is 12. The second-order valence-corrected chi connectivity index (χ2v) is 5.99. The Bertz CT molecular complexity index is 677. The first-order valence-electron chi connectivity index (χ1n) is 9.13. The molecule has 3 N–H and O–H groups in total. The van der Waals surface area contributed by atoms with E-state index < -0.39 is 0 Å². The molecule has 2 rings (SSSR count). The molecule has 6 nitrogen and oxygen atoms in total. The quantitative estimate of drug-likeness (QED) is 0.340. The first-order chi connectivity index (χ1) is 13.3. The maximum absolute atomic E-state index is 5.94. The molecule has 0 fully saturated rings. The summed E-state index contributed by atoms with van der Waals surface area (Å²) in [4.78, 5) is 4.33. The molecule has 0 unspecified atom stereocenters. The molecule has 0 aliphatic rings. The molecule has 27 heavy (non-hydrogen) atoms. The lowest BCUT2D eigenvalue weighted by Crippen LogP contribution is -2.23. The van der Waals surface area contributed by atoms with E-state index in [1.807, 2.05) is 54.6 Å². The van der Waals surface area contributed by atoms with Gasteiger partial charge in [-0.25, -0.2) is 0 Å². The SMILES string of the molecule is COCc1ccccc1NC(N)=NCCCOCCOCc1ccccc1. The van der Waals surface area contributed by atoms with E-state index in [1.54, 1.807) is 7.11 Å². The molecule has 0 atom stereocenters. The van der Waals surface area contributed by atoms with E-state index in [0.717, 1.165) is 17.7 Å². The van der Waals surface area contributed by atoms with Crippen LogP contribution in [0.25, 0.3) is 0 Å². The van der Waals surface area contributed by atoms with Gasteiger partial charge in [-0.2, -0.15) is 0 Å². The summed E-state index contributed by atoms with van der Waals surface area (Å²) in [6, 6.07) is 18.0. The normalized spacial score (nSPS) is 11.5. The zero-order chi connectivity index (χ0) is 19.2. The molecular formula is C21H29N3O3. The van der Waals surface area contributed by atoms with Crippen molar-refractivity contribution in [3.05, 3.63) is 65.7 Å². The van der Waals surface area contributed by atoms with Crippen molar-refractivity contribution < 1.29 is 14.2 Å². The van der Waals surface area contributed by atoms with Gasteiger partial charge in [0.25, 0.3) is 0 Å². The Morgan fingerprint density at radius 3 is 2.48 bits per heavy atom. The van der Waals surface area contributed by atoms with Crippen LogP contribution in [0.1, 0.15) is 17.5 Å². The van der Waals surface area contributed by atoms with Crippen LogP contribution in [0.3, 0.4) is 0 Å². The molecule has 146 valence electrons. The highest BCUT2D eigenvalue weighted by atomic mass is 16.5. The molecule has 0 aromatic heterocycles. The maximum Gasteiger partial charge on any atom is 0.193 e. The number of methoxy groups -OCH3 is 1. The largest absolute Gasteiger partial charge is 0.380 e. The van der Waals surface area contributed by atoms with Gasteiger partial charge in [0.2, 0.25) is 0 Å². The van der Waals surface area contributed by atoms with Crippen LogP contribution in [0.4, 0.5) is 5.69 Å². The van der Waals surface area contributed by atoms with Crippen LogP contribution in [0, 0.1) is 0 Å². The Labute approximate surface area is 161 Å². The average molecular weight is 371 g/mol. The third-order valence-electron chi connectivity index (χ3n) is 3.79. The fraction of sp³-hybridized carbons (Fsp3) is 0.381. The number of aliphatic imine (C=N–C) groups is 1. The Balaban J connectivity index is 1.54. The van der Waals surface area contributed by atoms with Gasteiger partial charge >= 0.3 is 0 Å². The third kappa shape index (κ3) is 8.68. The number of hydrogen-bond acceptors (Lipinski definition) is 4. The van der Waals surface area contributed by atoms with E-state index >= 15 is 0 Å². The summed E-state index contributed by atoms with van der Waals surface area (Å²) in [5, 5.41) is 3.12. The van der Waals surface area contributed by atoms with Crippen molar-refractivity contribution in [1.29, 1.82) is 0 Å². The summed E-state index contributed by atoms with van der Waals surface area (Å²) >= 11 is 0. The molecule has 0 heterocycles. The number of hydrogen-bond donors (Lipinski definition) is 2. The molecule has 0 amide bonds. The van der Waals surface area contributed by atoms with Crippen LogP contribution in [-0.2, 0) is 27.4 Å². The van der Waals surface area contributed by atoms with Gasteiger partial charge in [-0.15, -0.1) is 0 Å². The molecule has 2 aromatic rings. The van der Waals surface area contributed by atoms with Crippen molar-refractivity contribution in [2.24, 2.45) is 10.7 Å². The second kappa shape index (κ2) is 12.9. The summed E-state index contributed by atoms with van der Waals surface area (Å²) in [5.74, 6) is 0.393. The molecule has 0 spiro atoms. The van der Waals surface area contributed by atoms with Crippen molar-refractivity contribution in [3.8, 4) is 0 Å². The highest BCUT2D eigenvalue weighted by molar-refractivity contribution is 5.92. The summed E-state index contributed by atoms with van der Waals surface area (Å²) in [6.45, 7) is 3.53. The fourth-order valence-corrected chi connectivity index (χ4v) is 2.45. The van der Waals surface area contributed by atoms with Crippen LogP contribution in [0.5, 0.6) is 0 Å². The Hall–Kier alpha value is -2.41. The van der Waals surface area contributed by atoms with Crippen LogP contribution in [0.2, 0.25) is 0 Å². The fourth-order valence-electron chi connectivity index (χ4n) is 2.45. The van der Waals surface area contributed by atoms with Gasteiger partial charge in [0.05, 0.1) is 26.4 Å². The predicted octanol–water partition coefficient (Wildman–Crippen LogP) is 3.18. The Morgan fingerprint density at radius 1 is 0.926 bits per heavy atom. The van der Waals surface area contributed by atoms with Gasteiger partial charge in [0, 0.05) is 31.5 Å². The van der Waals surface area contributed by atoms with Gasteiger partial charge in [-0.3, -0.25) is 4.99 Å². The number of nitrogens with zero attached hydrogens (tertiary/aromatic N) is 1. The molecule has 0 bridgehead atoms. The van der Waals surface area contributed by atoms with Crippen LogP contribution in [-0.4, -0.2) is 39.4 Å². The highest BCUT2D eigenvalue weighted by Gasteiger charge is 2.02. The lowest BCUT2D eigenvalue weighted by atomic mass is 10.2. The lowest BCUT2D eigenvalue weighted by molar-refractivity contribution is 0.0403. The van der Waals surface area contributed by atoms with Gasteiger partial charge < -0.3 is 25.3 Å². The number of benzene rings is 2. The molecule has 0 saturated heterocycles. The van der Waals surface area contributed by atoms with E-state index in [9.17, 15) is 0 Å². The van der Waals surface area contributed by atoms with Gasteiger partial charge in [0.15, 0.2) is 5.96 Å². The molecule has 0 saturated carbocycles. The Kier molecular flexibility index (Phi) is 9.96. The van der Waals surface area contributed by atoms with Gasteiger partial charge in [-0.1, -0.05) is 48.5 Å². The number of anilines is 1. The summed E-state index contributed by atoms with van der Waals surface area (Å²) < 4.78 is 16.3. The highest BCUT2D eigenvalue weighted by Crippen LogP contribution is 2.15. The maximum atomic E-state index is 5.94. The summed E-state index contributed by atoms with van der Waals surface area (Å²) in [6.07, 6.45) is 0.806. The third-order valence-corrected chi connectivity index (χ3v) is 3.79. The second-order valence-electron chi connectivity index (χ2n) is 5.99. The average Bonchev–Trinajstić information content (AvgIpc) is 2.69. The minimum atomic E-state index is 0.393. The first-order valence-corrected chi connectivity index (χ1v) is 9.13. The smallest absolute Gasteiger partial charge is 0.193 e. The van der Waals surface area contributed by atoms with Crippen molar-refractivity contribution in [2.45, 2.75) is 19.6 Å². The molecule has 0 aliphatic carbocycles. The number of nitrogens with one attached hydrogen (secondary N) is 1. The van der Waals surface area contributed by atoms with Gasteiger partial charge in [-0.05, 0) is 18.1 Å². The van der Waals surface area contributed by atoms with E-state index in [-0.39, 0.29) is 0 Å². The monoisotopic (exact) mass is 371 g/mol. The van der Waals surface area contributed by atoms with E-state index in [2.05, 4.69) is 10.3 Å². The first kappa shape index (κ1) is 20.9. The van der Waals surface area contributed by atoms with Crippen molar-refractivity contribution in [3.63, 3.8) is 0 Å². The van der Waals surface area contributed by atoms with E-state index in [1.165, 1.54) is 5.56 Å². The number of guanidine groups is 1. The number of ether oxygens (including phenoxy) is 3. The number of para-hydroxylation sites is 1. The predicted molar refractivity (Wildman–Crippen MR) is 109 cm³/mol. The van der Waals surface area contributed by atoms with Crippen molar-refractivity contribution >= 4 is 11.6 Å². The lowest BCUT2D eigenvalue weighted by Gasteiger charge is -2.10. The Morgan fingerprint density at radius 2 is 1.67 bits per heavy atom. The summed E-state index contributed by atoms with van der Waals surface area (Å²) in [7, 11) is 1.67. The molecular weight excluding hydrogens is 342 g/mol. The van der Waals surface area contributed by atoms with Gasteiger partial charge in [0.1, 0.15) is 0 Å². The van der Waals surface area contributed by atoms with E-state index in [4.69, 9.17) is 19.9 Å². The van der Waals surface area contributed by atoms with Crippen LogP contribution in [0.15, 0.2) is 59.6 Å². The molecule has 2 aromatic carbocycles. The minimum Gasteiger partial charge on any atom is -0.380 e. The molecule has 0 aliphatic heterocycles. The number of nitrogens with two attached hydrogens (primary N) is 1. The molecule has 0 radical (unpaired) electrons. The van der Waals surface area contributed by atoms with Crippen molar-refractivity contribution in [2.75, 3.05) is 38.8 Å². The van der Waals surface area contributed by atoms with Crippen LogP contribution >= 0.6 is 0 Å². The zero-order valence-corrected chi connectivity index (χ0v) is 15.9. The minimum absolute atomic E-state index is 0.393.